The molecule has 0 saturated heterocycles. The van der Waals surface area contributed by atoms with Crippen LogP contribution in [0.3, 0.4) is 0 Å². The molecule has 0 bridgehead atoms. The zero-order chi connectivity index (χ0) is 22.8. The van der Waals surface area contributed by atoms with Crippen LogP contribution >= 0.6 is 0 Å². The quantitative estimate of drug-likeness (QED) is 0.0719. The maximum atomic E-state index is 12.1. The first-order valence-electron chi connectivity index (χ1n) is 11.8. The molecule has 0 fully saturated rings. The number of allylic oxidation sites excluding steroid dienone is 2. The second kappa shape index (κ2) is 16.9. The molecular weight excluding hydrogens is 414 g/mol. The van der Waals surface area contributed by atoms with Crippen molar-refractivity contribution in [3.05, 3.63) is 46.5 Å². The zero-order valence-corrected chi connectivity index (χ0v) is 19.8. The lowest BCUT2D eigenvalue weighted by atomic mass is 10.1. The number of nitrogens with zero attached hydrogens (tertiary/aromatic N) is 1. The fraction of sp³-hybridized carbons (Fsp3) is 0.667. The summed E-state index contributed by atoms with van der Waals surface area (Å²) in [5.41, 5.74) is -0.262. The lowest BCUT2D eigenvalue weighted by molar-refractivity contribution is -0.385. The van der Waals surface area contributed by atoms with Gasteiger partial charge in [0.15, 0.2) is 0 Å². The summed E-state index contributed by atoms with van der Waals surface area (Å²) in [7, 11) is -3.95. The number of hydrogen-bond acceptors (Lipinski definition) is 5. The van der Waals surface area contributed by atoms with Crippen molar-refractivity contribution < 1.29 is 17.5 Å². The molecule has 176 valence electrons. The summed E-state index contributed by atoms with van der Waals surface area (Å²) in [6.45, 7) is 2.35. The van der Waals surface area contributed by atoms with E-state index in [1.54, 1.807) is 0 Å². The summed E-state index contributed by atoms with van der Waals surface area (Å²) in [4.78, 5) is 9.98. The van der Waals surface area contributed by atoms with Gasteiger partial charge in [-0.05, 0) is 38.2 Å². The van der Waals surface area contributed by atoms with E-state index in [4.69, 9.17) is 4.18 Å². The monoisotopic (exact) mass is 453 g/mol. The standard InChI is InChI=1S/C24H39NO5S/c1-2-3-4-5-6-7-8-9-10-11-12-13-14-15-16-17-21-30-31(28,29)24-20-18-19-23(22-24)25(26)27/h9-10,18-20,22H,2-8,11-17,21H2,1H3/b10-9-. The zero-order valence-electron chi connectivity index (χ0n) is 19.0. The van der Waals surface area contributed by atoms with Crippen molar-refractivity contribution in [3.8, 4) is 0 Å². The first-order valence-corrected chi connectivity index (χ1v) is 13.2. The van der Waals surface area contributed by atoms with Crippen molar-refractivity contribution in [2.45, 2.75) is 102 Å². The predicted molar refractivity (Wildman–Crippen MR) is 126 cm³/mol. The van der Waals surface area contributed by atoms with Gasteiger partial charge in [0.05, 0.1) is 11.5 Å². The van der Waals surface area contributed by atoms with E-state index in [1.807, 2.05) is 0 Å². The Morgan fingerprint density at radius 2 is 1.42 bits per heavy atom. The molecule has 7 heteroatoms. The van der Waals surface area contributed by atoms with Gasteiger partial charge in [0, 0.05) is 12.1 Å². The highest BCUT2D eigenvalue weighted by atomic mass is 32.2. The largest absolute Gasteiger partial charge is 0.297 e. The van der Waals surface area contributed by atoms with Crippen LogP contribution in [0.4, 0.5) is 5.69 Å². The second-order valence-electron chi connectivity index (χ2n) is 7.97. The smallest absolute Gasteiger partial charge is 0.266 e. The van der Waals surface area contributed by atoms with Gasteiger partial charge in [-0.2, -0.15) is 8.42 Å². The third-order valence-electron chi connectivity index (χ3n) is 5.21. The average molecular weight is 454 g/mol. The summed E-state index contributed by atoms with van der Waals surface area (Å²) in [6, 6.07) is 4.93. The molecular formula is C24H39NO5S. The molecule has 1 rings (SSSR count). The van der Waals surface area contributed by atoms with Crippen LogP contribution in [0.15, 0.2) is 41.3 Å². The summed E-state index contributed by atoms with van der Waals surface area (Å²) >= 11 is 0. The Kier molecular flexibility index (Phi) is 14.9. The Bertz CT molecular complexity index is 746. The third-order valence-corrected chi connectivity index (χ3v) is 6.52. The minimum atomic E-state index is -3.95. The van der Waals surface area contributed by atoms with Crippen molar-refractivity contribution in [2.75, 3.05) is 6.61 Å². The number of benzene rings is 1. The maximum Gasteiger partial charge on any atom is 0.297 e. The summed E-state index contributed by atoms with van der Waals surface area (Å²) < 4.78 is 29.2. The van der Waals surface area contributed by atoms with E-state index in [9.17, 15) is 18.5 Å². The van der Waals surface area contributed by atoms with Crippen molar-refractivity contribution >= 4 is 15.8 Å². The van der Waals surface area contributed by atoms with Crippen LogP contribution in [-0.4, -0.2) is 19.9 Å². The normalized spacial score (nSPS) is 11.9. The minimum Gasteiger partial charge on any atom is -0.266 e. The van der Waals surface area contributed by atoms with E-state index < -0.39 is 15.0 Å². The Balaban J connectivity index is 2.00. The average Bonchev–Trinajstić information content (AvgIpc) is 2.76. The van der Waals surface area contributed by atoms with Crippen molar-refractivity contribution in [2.24, 2.45) is 0 Å². The number of unbranched alkanes of at least 4 members (excludes halogenated alkanes) is 12. The lowest BCUT2D eigenvalue weighted by Gasteiger charge is -2.05. The first kappa shape index (κ1) is 27.3. The molecule has 0 aliphatic rings. The molecule has 0 spiro atoms. The van der Waals surface area contributed by atoms with Crippen LogP contribution in [0.25, 0.3) is 0 Å². The molecule has 0 N–H and O–H groups in total. The molecule has 6 nitrogen and oxygen atoms in total. The first-order chi connectivity index (χ1) is 15.0. The summed E-state index contributed by atoms with van der Waals surface area (Å²) in [5.74, 6) is 0. The Hall–Kier alpha value is -1.73. The van der Waals surface area contributed by atoms with Gasteiger partial charge in [0.1, 0.15) is 4.90 Å². The highest BCUT2D eigenvalue weighted by Crippen LogP contribution is 2.19. The molecule has 0 amide bonds. The Labute approximate surface area is 188 Å². The molecule has 0 aromatic heterocycles. The van der Waals surface area contributed by atoms with E-state index >= 15 is 0 Å². The number of hydrogen-bond donors (Lipinski definition) is 0. The molecule has 0 aliphatic heterocycles. The van der Waals surface area contributed by atoms with Gasteiger partial charge in [0.2, 0.25) is 0 Å². The molecule has 1 aromatic rings. The van der Waals surface area contributed by atoms with Crippen LogP contribution < -0.4 is 0 Å². The number of non-ortho nitro benzene ring substituents is 1. The van der Waals surface area contributed by atoms with Gasteiger partial charge in [-0.1, -0.05) is 82.9 Å². The summed E-state index contributed by atoms with van der Waals surface area (Å²) in [5, 5.41) is 10.8. The SMILES string of the molecule is CCCCCCCC/C=C\CCCCCCCCOS(=O)(=O)c1cccc([N+](=O)[O-])c1. The fourth-order valence-corrected chi connectivity index (χ4v) is 4.32. The molecule has 0 unspecified atom stereocenters. The lowest BCUT2D eigenvalue weighted by Crippen LogP contribution is -2.08. The van der Waals surface area contributed by atoms with E-state index in [2.05, 4.69) is 19.1 Å². The van der Waals surface area contributed by atoms with E-state index in [0.717, 1.165) is 31.7 Å². The Morgan fingerprint density at radius 3 is 2.00 bits per heavy atom. The molecule has 0 radical (unpaired) electrons. The third kappa shape index (κ3) is 13.3. The van der Waals surface area contributed by atoms with Crippen LogP contribution in [0.2, 0.25) is 0 Å². The number of nitro benzene ring substituents is 1. The van der Waals surface area contributed by atoms with Crippen LogP contribution in [-0.2, 0) is 14.3 Å². The van der Waals surface area contributed by atoms with Gasteiger partial charge in [-0.15, -0.1) is 0 Å². The number of nitro groups is 1. The van der Waals surface area contributed by atoms with Gasteiger partial charge in [-0.3, -0.25) is 14.3 Å². The molecule has 0 heterocycles. The van der Waals surface area contributed by atoms with Gasteiger partial charge < -0.3 is 0 Å². The molecule has 0 aliphatic carbocycles. The van der Waals surface area contributed by atoms with Gasteiger partial charge in [-0.25, -0.2) is 0 Å². The fourth-order valence-electron chi connectivity index (χ4n) is 3.34. The molecule has 1 aromatic carbocycles. The van der Waals surface area contributed by atoms with Crippen molar-refractivity contribution in [1.82, 2.24) is 0 Å². The topological polar surface area (TPSA) is 86.5 Å². The van der Waals surface area contributed by atoms with Crippen LogP contribution in [0.1, 0.15) is 96.8 Å². The predicted octanol–water partition coefficient (Wildman–Crippen LogP) is 7.34. The van der Waals surface area contributed by atoms with Crippen LogP contribution in [0.5, 0.6) is 0 Å². The minimum absolute atomic E-state index is 0.103. The highest BCUT2D eigenvalue weighted by Gasteiger charge is 2.18. The second-order valence-corrected chi connectivity index (χ2v) is 9.58. The van der Waals surface area contributed by atoms with Gasteiger partial charge in [0.25, 0.3) is 15.8 Å². The van der Waals surface area contributed by atoms with Gasteiger partial charge >= 0.3 is 0 Å². The number of rotatable bonds is 19. The van der Waals surface area contributed by atoms with Crippen molar-refractivity contribution in [1.29, 1.82) is 0 Å². The highest BCUT2D eigenvalue weighted by molar-refractivity contribution is 7.86. The van der Waals surface area contributed by atoms with Crippen molar-refractivity contribution in [3.63, 3.8) is 0 Å². The maximum absolute atomic E-state index is 12.1. The van der Waals surface area contributed by atoms with E-state index in [0.29, 0.717) is 6.42 Å². The summed E-state index contributed by atoms with van der Waals surface area (Å²) in [6.07, 6.45) is 21.2. The molecule has 31 heavy (non-hydrogen) atoms. The molecule has 0 atom stereocenters. The van der Waals surface area contributed by atoms with E-state index in [1.165, 1.54) is 76.0 Å². The molecule has 0 saturated carbocycles. The van der Waals surface area contributed by atoms with E-state index in [-0.39, 0.29) is 17.2 Å². The Morgan fingerprint density at radius 1 is 0.871 bits per heavy atom. The van der Waals surface area contributed by atoms with Crippen LogP contribution in [0, 0.1) is 10.1 Å².